The minimum Gasteiger partial charge on any atom is -0.472 e. The molecule has 0 amide bonds. The SMILES string of the molecule is O=C(O)C#Cc1cnc2ccccc2c1. The average molecular weight is 197 g/mol. The number of nitrogens with zero attached hydrogens (tertiary/aromatic N) is 1. The summed E-state index contributed by atoms with van der Waals surface area (Å²) in [6.45, 7) is 0. The van der Waals surface area contributed by atoms with Crippen molar-refractivity contribution in [2.45, 2.75) is 0 Å². The van der Waals surface area contributed by atoms with Gasteiger partial charge in [0, 0.05) is 23.1 Å². The summed E-state index contributed by atoms with van der Waals surface area (Å²) >= 11 is 0. The van der Waals surface area contributed by atoms with E-state index in [0.717, 1.165) is 10.9 Å². The molecule has 1 aromatic heterocycles. The van der Waals surface area contributed by atoms with Crippen LogP contribution in [0.3, 0.4) is 0 Å². The number of hydrogen-bond acceptors (Lipinski definition) is 2. The first kappa shape index (κ1) is 9.22. The van der Waals surface area contributed by atoms with Gasteiger partial charge in [-0.1, -0.05) is 24.1 Å². The summed E-state index contributed by atoms with van der Waals surface area (Å²) in [5.74, 6) is 3.44. The van der Waals surface area contributed by atoms with Gasteiger partial charge >= 0.3 is 5.97 Å². The summed E-state index contributed by atoms with van der Waals surface area (Å²) in [6, 6.07) is 9.42. The largest absolute Gasteiger partial charge is 0.472 e. The van der Waals surface area contributed by atoms with E-state index in [1.54, 1.807) is 6.20 Å². The number of aromatic nitrogens is 1. The van der Waals surface area contributed by atoms with Gasteiger partial charge in [0.1, 0.15) is 0 Å². The Morgan fingerprint density at radius 3 is 2.93 bits per heavy atom. The number of carbonyl (C=O) groups is 1. The van der Waals surface area contributed by atoms with Crippen molar-refractivity contribution < 1.29 is 9.90 Å². The predicted molar refractivity (Wildman–Crippen MR) is 56.3 cm³/mol. The third-order valence-electron chi connectivity index (χ3n) is 1.90. The minimum absolute atomic E-state index is 0.608. The Balaban J connectivity index is 2.49. The van der Waals surface area contributed by atoms with Crippen LogP contribution in [0.2, 0.25) is 0 Å². The van der Waals surface area contributed by atoms with Crippen molar-refractivity contribution in [3.63, 3.8) is 0 Å². The number of benzene rings is 1. The molecular weight excluding hydrogens is 190 g/mol. The standard InChI is InChI=1S/C12H7NO2/c14-12(15)6-5-9-7-10-3-1-2-4-11(10)13-8-9/h1-4,7-8H,(H,14,15). The fraction of sp³-hybridized carbons (Fsp3) is 0. The van der Waals surface area contributed by atoms with Crippen LogP contribution in [0.4, 0.5) is 0 Å². The number of rotatable bonds is 0. The first-order valence-electron chi connectivity index (χ1n) is 4.35. The third-order valence-corrected chi connectivity index (χ3v) is 1.90. The summed E-state index contributed by atoms with van der Waals surface area (Å²) < 4.78 is 0. The molecule has 1 aromatic carbocycles. The lowest BCUT2D eigenvalue weighted by molar-refractivity contribution is -0.130. The van der Waals surface area contributed by atoms with Crippen molar-refractivity contribution in [1.82, 2.24) is 4.98 Å². The van der Waals surface area contributed by atoms with E-state index < -0.39 is 5.97 Å². The molecule has 0 unspecified atom stereocenters. The van der Waals surface area contributed by atoms with Crippen molar-refractivity contribution >= 4 is 16.9 Å². The fourth-order valence-corrected chi connectivity index (χ4v) is 1.27. The summed E-state index contributed by atoms with van der Waals surface area (Å²) in [7, 11) is 0. The number of hydrogen-bond donors (Lipinski definition) is 1. The molecule has 0 radical (unpaired) electrons. The molecule has 0 aliphatic carbocycles. The molecule has 2 rings (SSSR count). The smallest absolute Gasteiger partial charge is 0.382 e. The molecular formula is C12H7NO2. The third kappa shape index (κ3) is 2.12. The zero-order valence-electron chi connectivity index (χ0n) is 7.77. The van der Waals surface area contributed by atoms with Gasteiger partial charge in [0.2, 0.25) is 0 Å². The van der Waals surface area contributed by atoms with Crippen LogP contribution in [-0.2, 0) is 4.79 Å². The lowest BCUT2D eigenvalue weighted by Crippen LogP contribution is -1.88. The van der Waals surface area contributed by atoms with Crippen molar-refractivity contribution in [2.75, 3.05) is 0 Å². The van der Waals surface area contributed by atoms with E-state index in [4.69, 9.17) is 5.11 Å². The van der Waals surface area contributed by atoms with E-state index >= 15 is 0 Å². The van der Waals surface area contributed by atoms with E-state index in [0.29, 0.717) is 5.56 Å². The number of carboxylic acid groups (broad SMARTS) is 1. The molecule has 0 saturated carbocycles. The Bertz CT molecular complexity index is 579. The van der Waals surface area contributed by atoms with Crippen LogP contribution in [0.25, 0.3) is 10.9 Å². The van der Waals surface area contributed by atoms with Crippen LogP contribution >= 0.6 is 0 Å². The van der Waals surface area contributed by atoms with Gasteiger partial charge in [0.15, 0.2) is 0 Å². The van der Waals surface area contributed by atoms with Crippen molar-refractivity contribution in [2.24, 2.45) is 0 Å². The van der Waals surface area contributed by atoms with Gasteiger partial charge in [-0.25, -0.2) is 4.79 Å². The molecule has 0 aliphatic rings. The highest BCUT2D eigenvalue weighted by atomic mass is 16.4. The zero-order chi connectivity index (χ0) is 10.7. The van der Waals surface area contributed by atoms with Crippen molar-refractivity contribution in [3.05, 3.63) is 42.1 Å². The molecule has 3 heteroatoms. The summed E-state index contributed by atoms with van der Waals surface area (Å²) in [4.78, 5) is 14.4. The highest BCUT2D eigenvalue weighted by molar-refractivity contribution is 5.87. The summed E-state index contributed by atoms with van der Waals surface area (Å²) in [5.41, 5.74) is 1.48. The molecule has 72 valence electrons. The lowest BCUT2D eigenvalue weighted by atomic mass is 10.2. The number of aliphatic carboxylic acids is 1. The fourth-order valence-electron chi connectivity index (χ4n) is 1.27. The second-order valence-corrected chi connectivity index (χ2v) is 2.97. The molecule has 0 atom stereocenters. The second-order valence-electron chi connectivity index (χ2n) is 2.97. The molecule has 1 N–H and O–H groups in total. The monoisotopic (exact) mass is 197 g/mol. The van der Waals surface area contributed by atoms with E-state index in [1.165, 1.54) is 0 Å². The Hall–Kier alpha value is -2.34. The first-order valence-corrected chi connectivity index (χ1v) is 4.35. The topological polar surface area (TPSA) is 50.2 Å². The highest BCUT2D eigenvalue weighted by Gasteiger charge is 1.94. The number of pyridine rings is 1. The van der Waals surface area contributed by atoms with Crippen LogP contribution in [0.5, 0.6) is 0 Å². The normalized spacial score (nSPS) is 9.33. The van der Waals surface area contributed by atoms with Gasteiger partial charge in [0.25, 0.3) is 0 Å². The molecule has 1 heterocycles. The molecule has 0 saturated heterocycles. The maximum absolute atomic E-state index is 10.2. The molecule has 2 aromatic rings. The van der Waals surface area contributed by atoms with E-state index in [2.05, 4.69) is 16.8 Å². The highest BCUT2D eigenvalue weighted by Crippen LogP contribution is 2.11. The molecule has 0 fully saturated rings. The van der Waals surface area contributed by atoms with Crippen LogP contribution in [0.15, 0.2) is 36.5 Å². The van der Waals surface area contributed by atoms with Gasteiger partial charge < -0.3 is 5.11 Å². The Morgan fingerprint density at radius 1 is 1.33 bits per heavy atom. The maximum Gasteiger partial charge on any atom is 0.382 e. The molecule has 15 heavy (non-hydrogen) atoms. The van der Waals surface area contributed by atoms with Gasteiger partial charge in [-0.2, -0.15) is 0 Å². The first-order chi connectivity index (χ1) is 7.25. The molecule has 0 aliphatic heterocycles. The number of carboxylic acids is 1. The van der Waals surface area contributed by atoms with Gasteiger partial charge in [-0.05, 0) is 12.1 Å². The quantitative estimate of drug-likeness (QED) is 0.653. The number of fused-ring (bicyclic) bond motifs is 1. The maximum atomic E-state index is 10.2. The van der Waals surface area contributed by atoms with Crippen molar-refractivity contribution in [1.29, 1.82) is 0 Å². The second kappa shape index (κ2) is 3.81. The predicted octanol–water partition coefficient (Wildman–Crippen LogP) is 1.67. The molecule has 3 nitrogen and oxygen atoms in total. The van der Waals surface area contributed by atoms with E-state index in [9.17, 15) is 4.79 Å². The number of para-hydroxylation sites is 1. The van der Waals surface area contributed by atoms with Gasteiger partial charge in [0.05, 0.1) is 5.52 Å². The van der Waals surface area contributed by atoms with Gasteiger partial charge in [-0.15, -0.1) is 0 Å². The summed E-state index contributed by atoms with van der Waals surface area (Å²) in [6.07, 6.45) is 1.57. The van der Waals surface area contributed by atoms with Crippen LogP contribution < -0.4 is 0 Å². The van der Waals surface area contributed by atoms with Crippen LogP contribution in [0, 0.1) is 11.8 Å². The average Bonchev–Trinajstić information content (AvgIpc) is 2.26. The Kier molecular flexibility index (Phi) is 2.34. The lowest BCUT2D eigenvalue weighted by Gasteiger charge is -1.95. The van der Waals surface area contributed by atoms with E-state index in [1.807, 2.05) is 30.3 Å². The Morgan fingerprint density at radius 2 is 2.13 bits per heavy atom. The van der Waals surface area contributed by atoms with Crippen LogP contribution in [-0.4, -0.2) is 16.1 Å². The minimum atomic E-state index is -1.14. The molecule has 0 bridgehead atoms. The van der Waals surface area contributed by atoms with Gasteiger partial charge in [-0.3, -0.25) is 4.98 Å². The van der Waals surface area contributed by atoms with Crippen molar-refractivity contribution in [3.8, 4) is 11.8 Å². The summed E-state index contributed by atoms with van der Waals surface area (Å²) in [5, 5.41) is 9.35. The Labute approximate surface area is 86.4 Å². The van der Waals surface area contributed by atoms with E-state index in [-0.39, 0.29) is 0 Å². The van der Waals surface area contributed by atoms with Crippen LogP contribution in [0.1, 0.15) is 5.56 Å². The zero-order valence-corrected chi connectivity index (χ0v) is 7.77. The molecule has 0 spiro atoms.